The number of nitrogens with one attached hydrogen (secondary N) is 1. The van der Waals surface area contributed by atoms with Gasteiger partial charge in [-0.25, -0.2) is 0 Å². The number of rotatable bonds is 9. The molecule has 58 heavy (non-hydrogen) atoms. The predicted molar refractivity (Wildman–Crippen MR) is 219 cm³/mol. The third kappa shape index (κ3) is 10.9. The smallest absolute Gasteiger partial charge is 0.311 e. The second kappa shape index (κ2) is 20.0. The summed E-state index contributed by atoms with van der Waals surface area (Å²) in [7, 11) is 5.35. The summed E-state index contributed by atoms with van der Waals surface area (Å²) in [6.07, 6.45) is -4.21. The van der Waals surface area contributed by atoms with Gasteiger partial charge >= 0.3 is 5.97 Å². The predicted octanol–water partition coefficient (Wildman–Crippen LogP) is 2.41. The number of piperidine rings is 1. The summed E-state index contributed by atoms with van der Waals surface area (Å²) in [5, 5.41) is 63.1. The van der Waals surface area contributed by atoms with Gasteiger partial charge in [0.25, 0.3) is 0 Å². The molecule has 0 aromatic carbocycles. The second-order valence-electron chi connectivity index (χ2n) is 19.3. The Labute approximate surface area is 348 Å². The number of aliphatic hydroxyl groups is 5. The van der Waals surface area contributed by atoms with Crippen molar-refractivity contribution >= 4 is 5.97 Å². The number of likely N-dealkylation sites (N-methyl/N-ethyl adjacent to an activating group) is 1. The molecule has 15 heteroatoms. The van der Waals surface area contributed by atoms with Gasteiger partial charge in [0, 0.05) is 44.6 Å². The van der Waals surface area contributed by atoms with Crippen LogP contribution in [0, 0.1) is 17.8 Å². The van der Waals surface area contributed by atoms with Crippen LogP contribution in [0.5, 0.6) is 0 Å². The van der Waals surface area contributed by atoms with Crippen molar-refractivity contribution in [2.45, 2.75) is 204 Å². The first-order chi connectivity index (χ1) is 26.9. The monoisotopic (exact) mass is 832 g/mol. The zero-order valence-electron chi connectivity index (χ0n) is 37.8. The average Bonchev–Trinajstić information content (AvgIpc) is 3.15. The van der Waals surface area contributed by atoms with E-state index in [2.05, 4.69) is 10.2 Å². The molecule has 4 saturated heterocycles. The van der Waals surface area contributed by atoms with E-state index in [1.54, 1.807) is 34.8 Å². The van der Waals surface area contributed by atoms with Gasteiger partial charge < -0.3 is 69.1 Å². The van der Waals surface area contributed by atoms with Gasteiger partial charge in [0.1, 0.15) is 29.0 Å². The molecule has 1 unspecified atom stereocenters. The van der Waals surface area contributed by atoms with Crippen LogP contribution in [0.1, 0.15) is 114 Å². The minimum Gasteiger partial charge on any atom is -0.459 e. The van der Waals surface area contributed by atoms with Gasteiger partial charge in [-0.2, -0.15) is 0 Å². The summed E-state index contributed by atoms with van der Waals surface area (Å²) in [4.78, 5) is 18.6. The molecule has 18 atom stereocenters. The van der Waals surface area contributed by atoms with Gasteiger partial charge in [0.2, 0.25) is 0 Å². The number of aliphatic hydroxyl groups excluding tert-OH is 2. The topological polar surface area (TPSA) is 192 Å². The minimum atomic E-state index is -1.79. The summed E-state index contributed by atoms with van der Waals surface area (Å²) in [6.45, 7) is 20.2. The molecule has 0 amide bonds. The lowest BCUT2D eigenvalue weighted by Crippen LogP contribution is -2.70. The largest absolute Gasteiger partial charge is 0.459 e. The van der Waals surface area contributed by atoms with Crippen molar-refractivity contribution in [3.63, 3.8) is 0 Å². The Morgan fingerprint density at radius 2 is 1.57 bits per heavy atom. The molecule has 0 spiro atoms. The first kappa shape index (κ1) is 49.6. The molecule has 0 aromatic heterocycles. The molecule has 4 heterocycles. The molecule has 4 aliphatic heterocycles. The molecule has 15 nitrogen and oxygen atoms in total. The third-order valence-corrected chi connectivity index (χ3v) is 14.1. The number of nitrogens with zero attached hydrogens (tertiary/aromatic N) is 2. The normalized spacial score (nSPS) is 48.6. The van der Waals surface area contributed by atoms with Crippen LogP contribution >= 0.6 is 0 Å². The number of hydrogen-bond donors (Lipinski definition) is 6. The molecule has 0 aromatic rings. The van der Waals surface area contributed by atoms with Gasteiger partial charge in [-0.3, -0.25) is 4.79 Å². The van der Waals surface area contributed by atoms with Crippen LogP contribution in [0.4, 0.5) is 0 Å². The Kier molecular flexibility index (Phi) is 17.1. The average molecular weight is 832 g/mol. The third-order valence-electron chi connectivity index (χ3n) is 14.1. The Morgan fingerprint density at radius 1 is 0.931 bits per heavy atom. The Bertz CT molecular complexity index is 1300. The molecule has 0 radical (unpaired) electrons. The fourth-order valence-corrected chi connectivity index (χ4v) is 10.2. The first-order valence-corrected chi connectivity index (χ1v) is 21.9. The van der Waals surface area contributed by atoms with Crippen molar-refractivity contribution in [1.29, 1.82) is 0 Å². The van der Waals surface area contributed by atoms with Crippen LogP contribution in [0.3, 0.4) is 0 Å². The van der Waals surface area contributed by atoms with E-state index in [-0.39, 0.29) is 37.5 Å². The van der Waals surface area contributed by atoms with Crippen LogP contribution in [0.25, 0.3) is 0 Å². The van der Waals surface area contributed by atoms with Crippen molar-refractivity contribution in [2.24, 2.45) is 17.8 Å². The molecule has 4 aliphatic rings. The molecule has 4 rings (SSSR count). The van der Waals surface area contributed by atoms with Crippen LogP contribution in [-0.4, -0.2) is 178 Å². The second-order valence-corrected chi connectivity index (χ2v) is 19.3. The number of carbonyl (C=O) groups excluding carboxylic acids is 1. The molecule has 340 valence electrons. The molecular formula is C43H81N3O12. The van der Waals surface area contributed by atoms with Gasteiger partial charge in [0.05, 0.1) is 42.0 Å². The Hall–Kier alpha value is -1.05. The van der Waals surface area contributed by atoms with Gasteiger partial charge in [-0.1, -0.05) is 27.2 Å². The van der Waals surface area contributed by atoms with E-state index in [0.717, 1.165) is 32.4 Å². The minimum absolute atomic E-state index is 0.120. The fraction of sp³-hybridized carbons (Fsp3) is 0.977. The number of hydrogen-bond acceptors (Lipinski definition) is 15. The molecule has 0 aliphatic carbocycles. The van der Waals surface area contributed by atoms with Crippen LogP contribution in [-0.2, 0) is 33.2 Å². The van der Waals surface area contributed by atoms with Gasteiger partial charge in [-0.15, -0.1) is 0 Å². The maximum atomic E-state index is 14.4. The zero-order chi connectivity index (χ0) is 43.5. The Morgan fingerprint density at radius 3 is 2.16 bits per heavy atom. The highest BCUT2D eigenvalue weighted by molar-refractivity contribution is 5.73. The Balaban J connectivity index is 1.79. The number of likely N-dealkylation sites (tertiary alicyclic amines) is 1. The van der Waals surface area contributed by atoms with Crippen molar-refractivity contribution in [1.82, 2.24) is 15.1 Å². The van der Waals surface area contributed by atoms with Crippen LogP contribution in [0.2, 0.25) is 0 Å². The number of ether oxygens (including phenoxy) is 6. The van der Waals surface area contributed by atoms with E-state index in [4.69, 9.17) is 28.4 Å². The van der Waals surface area contributed by atoms with E-state index >= 15 is 0 Å². The standard InChI is InChI=1S/C43H81N3O12/c1-14-32-42(10,51)36(48)25(2)23-44-26(3)21-40(8,50)37(58-39-34(47)31(45(11)12)20-27(4)54-39)28(5)35(29(6)38(49)56-32)57-33-22-41(9,53-13)43(52,30(7)55-33)24-46-18-16-15-17-19-46/h25-37,39,44,47-48,50-52H,14-24H2,1-13H3/t25-,26-,27-,28-,29-,30+,31+,32+,33?,34-,35-,36+,37-,39+,40-,41-,42-,43+/m1/s1. The van der Waals surface area contributed by atoms with Crippen LogP contribution in [0.15, 0.2) is 0 Å². The highest BCUT2D eigenvalue weighted by atomic mass is 16.7. The zero-order valence-corrected chi connectivity index (χ0v) is 37.8. The number of β-amino-alcohol motifs (C(OH)–C–C–N with tert-alkyl or cyclic N) is 1. The molecule has 0 bridgehead atoms. The maximum Gasteiger partial charge on any atom is 0.311 e. The van der Waals surface area contributed by atoms with E-state index < -0.39 is 95.3 Å². The number of esters is 1. The van der Waals surface area contributed by atoms with Gasteiger partial charge in [0.15, 0.2) is 12.6 Å². The number of cyclic esters (lactones) is 1. The van der Waals surface area contributed by atoms with Crippen molar-refractivity contribution in [3.05, 3.63) is 0 Å². The molecular weight excluding hydrogens is 750 g/mol. The van der Waals surface area contributed by atoms with Crippen LogP contribution < -0.4 is 5.32 Å². The number of methoxy groups -OCH3 is 1. The summed E-state index contributed by atoms with van der Waals surface area (Å²) < 4.78 is 38.7. The lowest BCUT2D eigenvalue weighted by Gasteiger charge is -2.55. The van der Waals surface area contributed by atoms with Crippen molar-refractivity contribution < 1.29 is 58.7 Å². The van der Waals surface area contributed by atoms with Gasteiger partial charge in [-0.05, 0) is 114 Å². The molecule has 4 fully saturated rings. The summed E-state index contributed by atoms with van der Waals surface area (Å²) in [6, 6.07) is -0.583. The fourth-order valence-electron chi connectivity index (χ4n) is 10.2. The quantitative estimate of drug-likeness (QED) is 0.186. The highest BCUT2D eigenvalue weighted by Crippen LogP contribution is 2.44. The highest BCUT2D eigenvalue weighted by Gasteiger charge is 2.59. The first-order valence-electron chi connectivity index (χ1n) is 21.9. The summed E-state index contributed by atoms with van der Waals surface area (Å²) in [5.74, 6) is -2.93. The number of carbonyl (C=O) groups is 1. The molecule has 6 N–H and O–H groups in total. The van der Waals surface area contributed by atoms with Crippen molar-refractivity contribution in [2.75, 3.05) is 47.4 Å². The summed E-state index contributed by atoms with van der Waals surface area (Å²) in [5.41, 5.74) is -5.88. The van der Waals surface area contributed by atoms with E-state index in [1.807, 2.05) is 53.6 Å². The lowest BCUT2D eigenvalue weighted by molar-refractivity contribution is -0.339. The SMILES string of the molecule is CC[C@@H]1OC(=O)[C@H](C)[C@H](OC2C[C@@](C)(OC)[C@](O)(CN3CCCCC3)[C@H](C)O2)[C@@H](C)[C@@H](O[C@@H]2O[C@H](C)C[C@H](N(C)C)[C@H]2O)[C@](C)(O)C[C@@H](C)NC[C@@H](C)[C@H](O)[C@]1(C)O. The van der Waals surface area contributed by atoms with Crippen molar-refractivity contribution in [3.8, 4) is 0 Å². The lowest BCUT2D eigenvalue weighted by atomic mass is 9.74. The summed E-state index contributed by atoms with van der Waals surface area (Å²) >= 11 is 0. The molecule has 0 saturated carbocycles. The maximum absolute atomic E-state index is 14.4. The van der Waals surface area contributed by atoms with E-state index in [1.165, 1.54) is 6.92 Å². The van der Waals surface area contributed by atoms with E-state index in [9.17, 15) is 30.3 Å². The van der Waals surface area contributed by atoms with E-state index in [0.29, 0.717) is 19.5 Å².